The minimum Gasteiger partial charge on any atom is -0.508 e. The molecule has 1 aromatic carbocycles. The number of benzene rings is 1. The molecule has 0 saturated heterocycles. The Balaban J connectivity index is 0.000000424. The van der Waals surface area contributed by atoms with E-state index in [1.165, 1.54) is 12.1 Å². The summed E-state index contributed by atoms with van der Waals surface area (Å²) in [6.45, 7) is 0. The summed E-state index contributed by atoms with van der Waals surface area (Å²) in [5.74, 6) is -0.270. The van der Waals surface area contributed by atoms with Crippen LogP contribution >= 0.6 is 23.2 Å². The highest BCUT2D eigenvalue weighted by molar-refractivity contribution is 6.37. The van der Waals surface area contributed by atoms with Crippen LogP contribution in [0.5, 0.6) is 11.5 Å². The first-order chi connectivity index (χ1) is 6.02. The molecule has 13 heavy (non-hydrogen) atoms. The molecule has 0 aliphatic rings. The van der Waals surface area contributed by atoms with E-state index >= 15 is 0 Å². The van der Waals surface area contributed by atoms with E-state index in [9.17, 15) is 0 Å². The average molecular weight is 225 g/mol. The number of hydrogen-bond acceptors (Lipinski definition) is 3. The molecule has 0 fully saturated rings. The highest BCUT2D eigenvalue weighted by Gasteiger charge is 2.04. The number of rotatable bonds is 0. The van der Waals surface area contributed by atoms with Crippen molar-refractivity contribution in [1.82, 2.24) is 0 Å². The molecule has 0 atom stereocenters. The van der Waals surface area contributed by atoms with Gasteiger partial charge in [0.25, 0.3) is 0 Å². The number of phenolic OH excluding ortho intramolecular Hbond substituents is 2. The van der Waals surface area contributed by atoms with Crippen LogP contribution in [0, 0.1) is 0 Å². The first-order valence-electron chi connectivity index (χ1n) is 3.30. The number of halogens is 2. The lowest BCUT2D eigenvalue weighted by Gasteiger charge is -1.98. The highest BCUT2D eigenvalue weighted by atomic mass is 35.5. The van der Waals surface area contributed by atoms with E-state index < -0.39 is 0 Å². The first kappa shape index (κ1) is 12.4. The zero-order valence-electron chi connectivity index (χ0n) is 7.21. The van der Waals surface area contributed by atoms with E-state index in [1.807, 2.05) is 0 Å². The summed E-state index contributed by atoms with van der Waals surface area (Å²) in [6, 6.07) is 2.42. The van der Waals surface area contributed by atoms with Crippen molar-refractivity contribution < 1.29 is 14.9 Å². The Morgan fingerprint density at radius 3 is 1.69 bits per heavy atom. The summed E-state index contributed by atoms with van der Waals surface area (Å²) < 4.78 is 4.25. The monoisotopic (exact) mass is 224 g/mol. The molecule has 1 aromatic rings. The van der Waals surface area contributed by atoms with Crippen LogP contribution in [-0.4, -0.2) is 24.4 Å². The number of ether oxygens (including phenoxy) is 1. The van der Waals surface area contributed by atoms with Gasteiger partial charge in [-0.05, 0) is 0 Å². The minimum atomic E-state index is -0.207. The molecule has 0 saturated carbocycles. The minimum absolute atomic E-state index is 0.0463. The zero-order valence-corrected chi connectivity index (χ0v) is 8.73. The van der Waals surface area contributed by atoms with E-state index in [2.05, 4.69) is 4.74 Å². The molecule has 0 radical (unpaired) electrons. The SMILES string of the molecule is COC.Oc1cc(Cl)c(O)c(Cl)c1. The van der Waals surface area contributed by atoms with Crippen LogP contribution in [0.15, 0.2) is 12.1 Å². The quantitative estimate of drug-likeness (QED) is 0.667. The van der Waals surface area contributed by atoms with Crippen molar-refractivity contribution in [3.05, 3.63) is 22.2 Å². The summed E-state index contributed by atoms with van der Waals surface area (Å²) in [7, 11) is 3.25. The van der Waals surface area contributed by atoms with Gasteiger partial charge >= 0.3 is 0 Å². The Kier molecular flexibility index (Phi) is 5.62. The van der Waals surface area contributed by atoms with Crippen molar-refractivity contribution in [2.45, 2.75) is 0 Å². The molecule has 0 amide bonds. The summed E-state index contributed by atoms with van der Waals surface area (Å²) in [5, 5.41) is 17.9. The summed E-state index contributed by atoms with van der Waals surface area (Å²) in [6.07, 6.45) is 0. The predicted molar refractivity (Wildman–Crippen MR) is 52.7 cm³/mol. The predicted octanol–water partition coefficient (Wildman–Crippen LogP) is 2.67. The van der Waals surface area contributed by atoms with Gasteiger partial charge in [-0.3, -0.25) is 0 Å². The maximum Gasteiger partial charge on any atom is 0.153 e. The molecular weight excluding hydrogens is 215 g/mol. The molecule has 0 heterocycles. The van der Waals surface area contributed by atoms with Gasteiger partial charge in [-0.1, -0.05) is 23.2 Å². The number of aromatic hydroxyl groups is 2. The van der Waals surface area contributed by atoms with Crippen LogP contribution in [0.3, 0.4) is 0 Å². The van der Waals surface area contributed by atoms with Gasteiger partial charge in [-0.2, -0.15) is 0 Å². The third-order valence-corrected chi connectivity index (χ3v) is 1.58. The van der Waals surface area contributed by atoms with E-state index in [-0.39, 0.29) is 21.5 Å². The van der Waals surface area contributed by atoms with E-state index in [0.29, 0.717) is 0 Å². The van der Waals surface area contributed by atoms with E-state index in [0.717, 1.165) is 0 Å². The third kappa shape index (κ3) is 4.22. The first-order valence-corrected chi connectivity index (χ1v) is 4.05. The van der Waals surface area contributed by atoms with Gasteiger partial charge in [0.15, 0.2) is 5.75 Å². The molecule has 2 N–H and O–H groups in total. The van der Waals surface area contributed by atoms with Gasteiger partial charge in [0.2, 0.25) is 0 Å². The average Bonchev–Trinajstić information content (AvgIpc) is 2.01. The topological polar surface area (TPSA) is 49.7 Å². The number of methoxy groups -OCH3 is 1. The number of hydrogen-bond donors (Lipinski definition) is 2. The fourth-order valence-corrected chi connectivity index (χ4v) is 1.03. The Labute approximate surface area is 86.5 Å². The lowest BCUT2D eigenvalue weighted by Crippen LogP contribution is -1.70. The van der Waals surface area contributed by atoms with Crippen LogP contribution in [0.4, 0.5) is 0 Å². The van der Waals surface area contributed by atoms with Crippen molar-refractivity contribution in [2.24, 2.45) is 0 Å². The van der Waals surface area contributed by atoms with Gasteiger partial charge in [0, 0.05) is 26.4 Å². The zero-order chi connectivity index (χ0) is 10.4. The molecule has 0 aromatic heterocycles. The standard InChI is InChI=1S/C6H4Cl2O2.C2H6O/c7-4-1-3(9)2-5(8)6(4)10;1-3-2/h1-2,9-10H;1-2H3. The van der Waals surface area contributed by atoms with Gasteiger partial charge in [-0.25, -0.2) is 0 Å². The third-order valence-electron chi connectivity index (χ3n) is 1.00. The van der Waals surface area contributed by atoms with Crippen LogP contribution in [-0.2, 0) is 4.74 Å². The van der Waals surface area contributed by atoms with Crippen LogP contribution < -0.4 is 0 Å². The van der Waals surface area contributed by atoms with Crippen molar-refractivity contribution in [3.63, 3.8) is 0 Å². The normalized spacial score (nSPS) is 8.92. The van der Waals surface area contributed by atoms with Crippen molar-refractivity contribution >= 4 is 23.2 Å². The van der Waals surface area contributed by atoms with Gasteiger partial charge < -0.3 is 14.9 Å². The van der Waals surface area contributed by atoms with Crippen molar-refractivity contribution in [1.29, 1.82) is 0 Å². The maximum atomic E-state index is 8.96. The van der Waals surface area contributed by atoms with Gasteiger partial charge in [-0.15, -0.1) is 0 Å². The van der Waals surface area contributed by atoms with E-state index in [1.54, 1.807) is 14.2 Å². The van der Waals surface area contributed by atoms with Gasteiger partial charge in [0.05, 0.1) is 10.0 Å². The lowest BCUT2D eigenvalue weighted by molar-refractivity contribution is 0.277. The maximum absolute atomic E-state index is 8.96. The van der Waals surface area contributed by atoms with Gasteiger partial charge in [0.1, 0.15) is 5.75 Å². The fourth-order valence-electron chi connectivity index (χ4n) is 0.552. The Morgan fingerprint density at radius 2 is 1.38 bits per heavy atom. The van der Waals surface area contributed by atoms with Crippen LogP contribution in [0.1, 0.15) is 0 Å². The largest absolute Gasteiger partial charge is 0.508 e. The molecule has 0 aliphatic carbocycles. The van der Waals surface area contributed by atoms with Crippen LogP contribution in [0.25, 0.3) is 0 Å². The molecular formula is C8H10Cl2O3. The molecule has 1 rings (SSSR count). The van der Waals surface area contributed by atoms with Crippen LogP contribution in [0.2, 0.25) is 10.0 Å². The fraction of sp³-hybridized carbons (Fsp3) is 0.250. The Morgan fingerprint density at radius 1 is 1.08 bits per heavy atom. The summed E-state index contributed by atoms with van der Waals surface area (Å²) in [4.78, 5) is 0. The van der Waals surface area contributed by atoms with Crippen molar-refractivity contribution in [3.8, 4) is 11.5 Å². The molecule has 0 bridgehead atoms. The lowest BCUT2D eigenvalue weighted by atomic mass is 10.3. The molecule has 0 unspecified atom stereocenters. The second-order valence-electron chi connectivity index (χ2n) is 2.17. The number of phenols is 2. The molecule has 5 heteroatoms. The van der Waals surface area contributed by atoms with Crippen molar-refractivity contribution in [2.75, 3.05) is 14.2 Å². The van der Waals surface area contributed by atoms with E-state index in [4.69, 9.17) is 33.4 Å². The second kappa shape index (κ2) is 5.91. The smallest absolute Gasteiger partial charge is 0.153 e. The summed E-state index contributed by atoms with van der Waals surface area (Å²) in [5.41, 5.74) is 0. The second-order valence-corrected chi connectivity index (χ2v) is 2.98. The Bertz CT molecular complexity index is 253. The molecule has 3 nitrogen and oxygen atoms in total. The summed E-state index contributed by atoms with van der Waals surface area (Å²) >= 11 is 10.8. The Hall–Kier alpha value is -0.640. The molecule has 0 spiro atoms. The molecule has 74 valence electrons. The molecule has 0 aliphatic heterocycles. The highest BCUT2D eigenvalue weighted by Crippen LogP contribution is 2.34.